The molecule has 3 heterocycles. The van der Waals surface area contributed by atoms with Crippen LogP contribution in [0.1, 0.15) is 24.6 Å². The maximum Gasteiger partial charge on any atom is 0.237 e. The summed E-state index contributed by atoms with van der Waals surface area (Å²) in [5.41, 5.74) is 5.54. The lowest BCUT2D eigenvalue weighted by molar-refractivity contribution is 0.216. The highest BCUT2D eigenvalue weighted by molar-refractivity contribution is 8.00. The number of anilines is 1. The number of piperidine rings is 1. The maximum atomic E-state index is 5.54. The van der Waals surface area contributed by atoms with Gasteiger partial charge >= 0.3 is 0 Å². The molecular weight excluding hydrogens is 308 g/mol. The highest BCUT2D eigenvalue weighted by atomic mass is 32.2. The Bertz CT molecular complexity index is 578. The maximum absolute atomic E-state index is 5.54. The number of nitrogens with two attached hydrogens (primary N) is 1. The zero-order valence-corrected chi connectivity index (χ0v) is 13.5. The summed E-state index contributed by atoms with van der Waals surface area (Å²) in [7, 11) is 2.17. The largest absolute Gasteiger partial charge is 0.374 e. The molecule has 3 rings (SSSR count). The highest BCUT2D eigenvalue weighted by Crippen LogP contribution is 2.26. The standard InChI is InChI=1S/C12H18N6OS2/c1-18-4-2-8(3-5-18)6-9-14-10(19-17-9)7-20-12-16-15-11(13)21-12/h8H,2-7H2,1H3,(H2,13,15). The van der Waals surface area contributed by atoms with E-state index >= 15 is 0 Å². The topological polar surface area (TPSA) is 94.0 Å². The normalized spacial score (nSPS) is 17.4. The smallest absolute Gasteiger partial charge is 0.237 e. The van der Waals surface area contributed by atoms with Crippen molar-refractivity contribution in [3.8, 4) is 0 Å². The number of nitrogens with zero attached hydrogens (tertiary/aromatic N) is 5. The molecule has 1 fully saturated rings. The quantitative estimate of drug-likeness (QED) is 0.829. The minimum absolute atomic E-state index is 0.478. The van der Waals surface area contributed by atoms with Crippen LogP contribution in [0.4, 0.5) is 5.13 Å². The van der Waals surface area contributed by atoms with Gasteiger partial charge in [0.1, 0.15) is 0 Å². The van der Waals surface area contributed by atoms with E-state index in [-0.39, 0.29) is 0 Å². The van der Waals surface area contributed by atoms with Gasteiger partial charge in [0.25, 0.3) is 0 Å². The number of hydrogen-bond acceptors (Lipinski definition) is 9. The van der Waals surface area contributed by atoms with Gasteiger partial charge in [-0.25, -0.2) is 0 Å². The van der Waals surface area contributed by atoms with Crippen LogP contribution in [0.2, 0.25) is 0 Å². The molecule has 0 bridgehead atoms. The molecule has 0 saturated carbocycles. The Labute approximate surface area is 131 Å². The lowest BCUT2D eigenvalue weighted by Crippen LogP contribution is -2.31. The van der Waals surface area contributed by atoms with Gasteiger partial charge in [0.15, 0.2) is 10.2 Å². The lowest BCUT2D eigenvalue weighted by atomic mass is 9.94. The number of thioether (sulfide) groups is 1. The van der Waals surface area contributed by atoms with E-state index < -0.39 is 0 Å². The van der Waals surface area contributed by atoms with E-state index in [9.17, 15) is 0 Å². The average Bonchev–Trinajstić information content (AvgIpc) is 3.08. The minimum atomic E-state index is 0.478. The van der Waals surface area contributed by atoms with Gasteiger partial charge in [-0.2, -0.15) is 4.98 Å². The van der Waals surface area contributed by atoms with E-state index in [2.05, 4.69) is 32.3 Å². The van der Waals surface area contributed by atoms with Crippen LogP contribution in [-0.2, 0) is 12.2 Å². The number of hydrogen-bond donors (Lipinski definition) is 1. The van der Waals surface area contributed by atoms with Crippen molar-refractivity contribution >= 4 is 28.2 Å². The summed E-state index contributed by atoms with van der Waals surface area (Å²) in [6.07, 6.45) is 3.33. The van der Waals surface area contributed by atoms with Crippen molar-refractivity contribution in [3.63, 3.8) is 0 Å². The van der Waals surface area contributed by atoms with Crippen LogP contribution in [0.5, 0.6) is 0 Å². The van der Waals surface area contributed by atoms with Crippen molar-refractivity contribution in [2.24, 2.45) is 5.92 Å². The number of rotatable bonds is 5. The van der Waals surface area contributed by atoms with Crippen LogP contribution in [-0.4, -0.2) is 45.4 Å². The molecule has 21 heavy (non-hydrogen) atoms. The summed E-state index contributed by atoms with van der Waals surface area (Å²) in [5, 5.41) is 12.3. The fraction of sp³-hybridized carbons (Fsp3) is 0.667. The first-order valence-electron chi connectivity index (χ1n) is 6.91. The fourth-order valence-corrected chi connectivity index (χ4v) is 3.83. The molecule has 0 aromatic carbocycles. The highest BCUT2D eigenvalue weighted by Gasteiger charge is 2.19. The molecule has 2 aromatic rings. The third-order valence-corrected chi connectivity index (χ3v) is 5.43. The molecule has 0 spiro atoms. The molecule has 0 atom stereocenters. The summed E-state index contributed by atoms with van der Waals surface area (Å²) < 4.78 is 6.11. The van der Waals surface area contributed by atoms with Crippen LogP contribution in [0.25, 0.3) is 0 Å². The summed E-state index contributed by atoms with van der Waals surface area (Å²) in [6.45, 7) is 2.31. The molecule has 1 aliphatic rings. The Kier molecular flexibility index (Phi) is 4.71. The first-order valence-corrected chi connectivity index (χ1v) is 8.71. The predicted molar refractivity (Wildman–Crippen MR) is 82.1 cm³/mol. The van der Waals surface area contributed by atoms with E-state index in [4.69, 9.17) is 10.3 Å². The van der Waals surface area contributed by atoms with Crippen LogP contribution < -0.4 is 5.73 Å². The second kappa shape index (κ2) is 6.71. The lowest BCUT2D eigenvalue weighted by Gasteiger charge is -2.27. The van der Waals surface area contributed by atoms with Gasteiger partial charge < -0.3 is 15.2 Å². The van der Waals surface area contributed by atoms with Gasteiger partial charge in [-0.3, -0.25) is 0 Å². The second-order valence-electron chi connectivity index (χ2n) is 5.25. The van der Waals surface area contributed by atoms with Gasteiger partial charge in [-0.1, -0.05) is 28.3 Å². The molecule has 1 saturated heterocycles. The van der Waals surface area contributed by atoms with Gasteiger partial charge in [-0.05, 0) is 38.9 Å². The first-order chi connectivity index (χ1) is 10.2. The predicted octanol–water partition coefficient (Wildman–Crippen LogP) is 1.68. The van der Waals surface area contributed by atoms with Crippen molar-refractivity contribution in [3.05, 3.63) is 11.7 Å². The summed E-state index contributed by atoms with van der Waals surface area (Å²) in [5.74, 6) is 2.73. The molecule has 1 aliphatic heterocycles. The fourth-order valence-electron chi connectivity index (χ4n) is 2.36. The van der Waals surface area contributed by atoms with Crippen LogP contribution >= 0.6 is 23.1 Å². The molecule has 0 radical (unpaired) electrons. The van der Waals surface area contributed by atoms with E-state index in [1.165, 1.54) is 35.9 Å². The van der Waals surface area contributed by atoms with Crippen LogP contribution in [0, 0.1) is 5.92 Å². The number of likely N-dealkylation sites (tertiary alicyclic amines) is 1. The minimum Gasteiger partial charge on any atom is -0.374 e. The van der Waals surface area contributed by atoms with Crippen molar-refractivity contribution < 1.29 is 4.52 Å². The molecule has 0 aliphatic carbocycles. The molecule has 2 N–H and O–H groups in total. The third-order valence-electron chi connectivity index (χ3n) is 3.56. The third kappa shape index (κ3) is 4.14. The Morgan fingerprint density at radius 1 is 1.38 bits per heavy atom. The van der Waals surface area contributed by atoms with Crippen LogP contribution in [0.3, 0.4) is 0 Å². The van der Waals surface area contributed by atoms with Gasteiger partial charge in [0, 0.05) is 6.42 Å². The van der Waals surface area contributed by atoms with Gasteiger partial charge in [-0.15, -0.1) is 10.2 Å². The zero-order chi connectivity index (χ0) is 14.7. The number of aromatic nitrogens is 4. The SMILES string of the molecule is CN1CCC(Cc2noc(CSc3nnc(N)s3)n2)CC1. The van der Waals surface area contributed by atoms with Gasteiger partial charge in [0.2, 0.25) is 11.0 Å². The molecule has 7 nitrogen and oxygen atoms in total. The average molecular weight is 326 g/mol. The molecule has 114 valence electrons. The first kappa shape index (κ1) is 14.7. The summed E-state index contributed by atoms with van der Waals surface area (Å²) >= 11 is 2.88. The summed E-state index contributed by atoms with van der Waals surface area (Å²) in [4.78, 5) is 6.82. The Balaban J connectivity index is 1.49. The molecule has 9 heteroatoms. The van der Waals surface area contributed by atoms with E-state index in [1.54, 1.807) is 0 Å². The second-order valence-corrected chi connectivity index (χ2v) is 7.48. The molecule has 0 amide bonds. The van der Waals surface area contributed by atoms with Crippen molar-refractivity contribution in [2.75, 3.05) is 25.9 Å². The van der Waals surface area contributed by atoms with E-state index in [0.29, 0.717) is 22.7 Å². The van der Waals surface area contributed by atoms with Crippen molar-refractivity contribution in [1.29, 1.82) is 0 Å². The molecule has 0 unspecified atom stereocenters. The molecule has 2 aromatic heterocycles. The van der Waals surface area contributed by atoms with Crippen molar-refractivity contribution in [1.82, 2.24) is 25.2 Å². The van der Waals surface area contributed by atoms with E-state index in [1.807, 2.05) is 0 Å². The zero-order valence-electron chi connectivity index (χ0n) is 11.9. The number of nitrogen functional groups attached to an aromatic ring is 1. The Morgan fingerprint density at radius 3 is 2.90 bits per heavy atom. The van der Waals surface area contributed by atoms with Crippen molar-refractivity contribution in [2.45, 2.75) is 29.4 Å². The molecular formula is C12H18N6OS2. The Hall–Kier alpha value is -1.19. The Morgan fingerprint density at radius 2 is 2.19 bits per heavy atom. The van der Waals surface area contributed by atoms with Gasteiger partial charge in [0.05, 0.1) is 5.75 Å². The van der Waals surface area contributed by atoms with E-state index in [0.717, 1.165) is 29.7 Å². The monoisotopic (exact) mass is 326 g/mol. The summed E-state index contributed by atoms with van der Waals surface area (Å²) in [6, 6.07) is 0. The van der Waals surface area contributed by atoms with Crippen LogP contribution in [0.15, 0.2) is 8.86 Å².